The summed E-state index contributed by atoms with van der Waals surface area (Å²) in [6.07, 6.45) is 0. The van der Waals surface area contributed by atoms with Gasteiger partial charge in [0.1, 0.15) is 0 Å². The van der Waals surface area contributed by atoms with Crippen LogP contribution in [0.1, 0.15) is 18.1 Å². The molecule has 6 heteroatoms. The number of nitrogens with zero attached hydrogens (tertiary/aromatic N) is 2. The topological polar surface area (TPSA) is 35.6 Å². The van der Waals surface area contributed by atoms with Crippen LogP contribution in [-0.4, -0.2) is 47.9 Å². The van der Waals surface area contributed by atoms with Gasteiger partial charge in [-0.05, 0) is 69.9 Å². The zero-order valence-corrected chi connectivity index (χ0v) is 17.1. The zero-order chi connectivity index (χ0) is 17.8. The fourth-order valence-electron chi connectivity index (χ4n) is 3.07. The Labute approximate surface area is 162 Å². The maximum absolute atomic E-state index is 12.6. The largest absolute Gasteiger partial charge is 0.324 e. The molecule has 0 saturated carbocycles. The zero-order valence-electron chi connectivity index (χ0n) is 14.7. The van der Waals surface area contributed by atoms with Gasteiger partial charge in [-0.2, -0.15) is 11.3 Å². The van der Waals surface area contributed by atoms with Crippen LogP contribution >= 0.6 is 27.3 Å². The van der Waals surface area contributed by atoms with E-state index in [2.05, 4.69) is 47.9 Å². The van der Waals surface area contributed by atoms with E-state index in [4.69, 9.17) is 0 Å². The van der Waals surface area contributed by atoms with Crippen LogP contribution in [0, 0.1) is 6.92 Å². The van der Waals surface area contributed by atoms with Gasteiger partial charge in [-0.1, -0.05) is 6.07 Å². The first kappa shape index (κ1) is 18.6. The first-order chi connectivity index (χ1) is 12.0. The summed E-state index contributed by atoms with van der Waals surface area (Å²) in [5.74, 6) is 0.0517. The van der Waals surface area contributed by atoms with Crippen molar-refractivity contribution in [2.24, 2.45) is 0 Å². The highest BCUT2D eigenvalue weighted by molar-refractivity contribution is 9.10. The molecule has 4 nitrogen and oxygen atoms in total. The second-order valence-corrected chi connectivity index (χ2v) is 8.23. The predicted molar refractivity (Wildman–Crippen MR) is 108 cm³/mol. The normalized spacial score (nSPS) is 17.4. The average molecular weight is 422 g/mol. The van der Waals surface area contributed by atoms with Gasteiger partial charge in [-0.15, -0.1) is 0 Å². The van der Waals surface area contributed by atoms with Crippen molar-refractivity contribution in [3.8, 4) is 0 Å². The number of carbonyl (C=O) groups is 1. The lowest BCUT2D eigenvalue weighted by Gasteiger charge is -2.37. The number of amides is 1. The van der Waals surface area contributed by atoms with Crippen LogP contribution in [0.2, 0.25) is 0 Å². The molecule has 1 fully saturated rings. The van der Waals surface area contributed by atoms with Crippen LogP contribution in [0.5, 0.6) is 0 Å². The summed E-state index contributed by atoms with van der Waals surface area (Å²) >= 11 is 5.27. The van der Waals surface area contributed by atoms with E-state index >= 15 is 0 Å². The molecule has 0 aliphatic carbocycles. The van der Waals surface area contributed by atoms with Gasteiger partial charge in [0.2, 0.25) is 5.91 Å². The maximum Gasteiger partial charge on any atom is 0.241 e. The summed E-state index contributed by atoms with van der Waals surface area (Å²) < 4.78 is 0.925. The fourth-order valence-corrected chi connectivity index (χ4v) is 4.33. The van der Waals surface area contributed by atoms with E-state index in [-0.39, 0.29) is 11.9 Å². The van der Waals surface area contributed by atoms with E-state index in [0.29, 0.717) is 0 Å². The van der Waals surface area contributed by atoms with Crippen molar-refractivity contribution >= 4 is 38.9 Å². The Kier molecular flexibility index (Phi) is 6.28. The molecule has 0 bridgehead atoms. The molecule has 134 valence electrons. The molecule has 1 atom stereocenters. The second kappa shape index (κ2) is 8.45. The molecular weight excluding hydrogens is 398 g/mol. The SMILES string of the molecule is Cc1ccc(NC(=O)[C@H](C)N2CCN(Cc3ccsc3)CC2)c(Br)c1. The number of anilines is 1. The third-order valence-corrected chi connectivity index (χ3v) is 6.09. The van der Waals surface area contributed by atoms with Crippen LogP contribution < -0.4 is 5.32 Å². The lowest BCUT2D eigenvalue weighted by atomic mass is 10.2. The van der Waals surface area contributed by atoms with E-state index in [1.165, 1.54) is 11.1 Å². The molecule has 1 aromatic heterocycles. The third-order valence-electron chi connectivity index (χ3n) is 4.70. The highest BCUT2D eigenvalue weighted by Crippen LogP contribution is 2.24. The number of thiophene rings is 1. The number of benzene rings is 1. The van der Waals surface area contributed by atoms with Crippen molar-refractivity contribution in [3.05, 3.63) is 50.6 Å². The lowest BCUT2D eigenvalue weighted by molar-refractivity contribution is -0.121. The molecule has 25 heavy (non-hydrogen) atoms. The minimum Gasteiger partial charge on any atom is -0.324 e. The molecule has 0 unspecified atom stereocenters. The van der Waals surface area contributed by atoms with E-state index < -0.39 is 0 Å². The first-order valence-corrected chi connectivity index (χ1v) is 10.3. The van der Waals surface area contributed by atoms with Gasteiger partial charge < -0.3 is 5.32 Å². The molecule has 1 aliphatic heterocycles. The summed E-state index contributed by atoms with van der Waals surface area (Å²) in [5.41, 5.74) is 3.38. The smallest absolute Gasteiger partial charge is 0.241 e. The summed E-state index contributed by atoms with van der Waals surface area (Å²) in [6.45, 7) is 8.89. The third kappa shape index (κ3) is 4.91. The summed E-state index contributed by atoms with van der Waals surface area (Å²) in [4.78, 5) is 17.3. The number of carbonyl (C=O) groups excluding carboxylic acids is 1. The second-order valence-electron chi connectivity index (χ2n) is 6.59. The van der Waals surface area contributed by atoms with Crippen LogP contribution in [0.25, 0.3) is 0 Å². The van der Waals surface area contributed by atoms with Crippen molar-refractivity contribution in [1.29, 1.82) is 0 Å². The average Bonchev–Trinajstić information content (AvgIpc) is 3.10. The molecule has 1 amide bonds. The number of nitrogens with one attached hydrogen (secondary N) is 1. The number of hydrogen-bond donors (Lipinski definition) is 1. The summed E-state index contributed by atoms with van der Waals surface area (Å²) in [7, 11) is 0. The highest BCUT2D eigenvalue weighted by Gasteiger charge is 2.26. The number of rotatable bonds is 5. The van der Waals surface area contributed by atoms with Gasteiger partial charge in [0, 0.05) is 37.2 Å². The minimum atomic E-state index is -0.128. The van der Waals surface area contributed by atoms with Gasteiger partial charge in [-0.3, -0.25) is 14.6 Å². The highest BCUT2D eigenvalue weighted by atomic mass is 79.9. The molecule has 2 heterocycles. The van der Waals surface area contributed by atoms with Crippen molar-refractivity contribution in [1.82, 2.24) is 9.80 Å². The molecule has 1 saturated heterocycles. The number of piperazine rings is 1. The molecule has 1 aromatic carbocycles. The Hall–Kier alpha value is -1.21. The van der Waals surface area contributed by atoms with Gasteiger partial charge in [0.05, 0.1) is 11.7 Å². The van der Waals surface area contributed by atoms with Gasteiger partial charge >= 0.3 is 0 Å². The van der Waals surface area contributed by atoms with Crippen LogP contribution in [0.15, 0.2) is 39.5 Å². The number of halogens is 1. The van der Waals surface area contributed by atoms with Crippen LogP contribution in [-0.2, 0) is 11.3 Å². The minimum absolute atomic E-state index is 0.0517. The number of aryl methyl sites for hydroxylation is 1. The Morgan fingerprint density at radius 3 is 2.68 bits per heavy atom. The van der Waals surface area contributed by atoms with Crippen molar-refractivity contribution < 1.29 is 4.79 Å². The van der Waals surface area contributed by atoms with Crippen molar-refractivity contribution in [2.75, 3.05) is 31.5 Å². The van der Waals surface area contributed by atoms with Crippen LogP contribution in [0.3, 0.4) is 0 Å². The van der Waals surface area contributed by atoms with Crippen LogP contribution in [0.4, 0.5) is 5.69 Å². The van der Waals surface area contributed by atoms with E-state index in [1.807, 2.05) is 32.0 Å². The Morgan fingerprint density at radius 2 is 2.04 bits per heavy atom. The van der Waals surface area contributed by atoms with Crippen molar-refractivity contribution in [3.63, 3.8) is 0 Å². The first-order valence-electron chi connectivity index (χ1n) is 8.57. The maximum atomic E-state index is 12.6. The van der Waals surface area contributed by atoms with E-state index in [1.54, 1.807) is 11.3 Å². The van der Waals surface area contributed by atoms with Gasteiger partial charge in [-0.25, -0.2) is 0 Å². The Morgan fingerprint density at radius 1 is 1.28 bits per heavy atom. The van der Waals surface area contributed by atoms with E-state index in [9.17, 15) is 4.79 Å². The summed E-state index contributed by atoms with van der Waals surface area (Å²) in [6, 6.07) is 8.03. The molecule has 0 spiro atoms. The fraction of sp³-hybridized carbons (Fsp3) is 0.421. The Bertz CT molecular complexity index is 711. The molecule has 1 aliphatic rings. The molecule has 2 aromatic rings. The lowest BCUT2D eigenvalue weighted by Crippen LogP contribution is -2.52. The standard InChI is InChI=1S/C19H24BrN3OS/c1-14-3-4-18(17(20)11-14)21-19(24)15(2)23-8-6-22(7-9-23)12-16-5-10-25-13-16/h3-5,10-11,13,15H,6-9,12H2,1-2H3,(H,21,24)/t15-/m0/s1. The predicted octanol–water partition coefficient (Wildman–Crippen LogP) is 3.96. The van der Waals surface area contributed by atoms with Gasteiger partial charge in [0.15, 0.2) is 0 Å². The van der Waals surface area contributed by atoms with E-state index in [0.717, 1.165) is 42.9 Å². The van der Waals surface area contributed by atoms with Gasteiger partial charge in [0.25, 0.3) is 0 Å². The molecule has 0 radical (unpaired) electrons. The Balaban J connectivity index is 1.51. The number of hydrogen-bond acceptors (Lipinski definition) is 4. The quantitative estimate of drug-likeness (QED) is 0.792. The molecule has 1 N–H and O–H groups in total. The molecule has 3 rings (SSSR count). The van der Waals surface area contributed by atoms with Crippen molar-refractivity contribution in [2.45, 2.75) is 26.4 Å². The summed E-state index contributed by atoms with van der Waals surface area (Å²) in [5, 5.41) is 7.38. The monoisotopic (exact) mass is 421 g/mol. The molecular formula is C19H24BrN3OS.